The predicted octanol–water partition coefficient (Wildman–Crippen LogP) is 5.32. The molecular weight excluding hydrogens is 500 g/mol. The number of nitrogens with zero attached hydrogens (tertiary/aromatic N) is 3. The van der Waals surface area contributed by atoms with Gasteiger partial charge in [-0.2, -0.15) is 0 Å². The van der Waals surface area contributed by atoms with Crippen LogP contribution in [-0.4, -0.2) is 27.8 Å². The molecule has 0 aliphatic rings. The van der Waals surface area contributed by atoms with Crippen LogP contribution in [0.25, 0.3) is 0 Å². The quantitative estimate of drug-likeness (QED) is 0.301. The number of aromatic nitrogens is 3. The minimum absolute atomic E-state index is 0.170. The van der Waals surface area contributed by atoms with Crippen LogP contribution in [0.15, 0.2) is 88.5 Å². The molecule has 1 aromatic heterocycles. The van der Waals surface area contributed by atoms with Crippen molar-refractivity contribution in [3.63, 3.8) is 0 Å². The second-order valence-corrected chi connectivity index (χ2v) is 9.16. The molecule has 3 aromatic carbocycles. The lowest BCUT2D eigenvalue weighted by atomic mass is 10.2. The van der Waals surface area contributed by atoms with Crippen molar-refractivity contribution in [3.05, 3.63) is 106 Å². The van der Waals surface area contributed by atoms with E-state index in [4.69, 9.17) is 4.74 Å². The molecule has 0 aliphatic heterocycles. The summed E-state index contributed by atoms with van der Waals surface area (Å²) in [5.41, 5.74) is 2.91. The molecule has 1 amide bonds. The molecule has 4 aromatic rings. The largest absolute Gasteiger partial charge is 0.497 e. The Bertz CT molecular complexity index is 1200. The minimum Gasteiger partial charge on any atom is -0.497 e. The molecule has 0 aliphatic carbocycles. The van der Waals surface area contributed by atoms with E-state index in [0.717, 1.165) is 20.9 Å². The number of amides is 1. The molecule has 0 atom stereocenters. The fourth-order valence-electron chi connectivity index (χ4n) is 3.21. The van der Waals surface area contributed by atoms with Crippen molar-refractivity contribution in [2.75, 3.05) is 7.11 Å². The number of thioether (sulfide) groups is 1. The molecule has 8 heteroatoms. The number of benzene rings is 3. The summed E-state index contributed by atoms with van der Waals surface area (Å²) in [4.78, 5) is 12.6. The number of nitrogens with one attached hydrogen (secondary N) is 1. The van der Waals surface area contributed by atoms with Crippen molar-refractivity contribution < 1.29 is 9.53 Å². The third-order valence-electron chi connectivity index (χ3n) is 5.02. The second-order valence-electron chi connectivity index (χ2n) is 7.30. The van der Waals surface area contributed by atoms with Gasteiger partial charge < -0.3 is 14.6 Å². The fourth-order valence-corrected chi connectivity index (χ4v) is 4.39. The van der Waals surface area contributed by atoms with Gasteiger partial charge in [0.25, 0.3) is 5.91 Å². The number of methoxy groups -OCH3 is 1. The summed E-state index contributed by atoms with van der Waals surface area (Å²) in [6.45, 7) is 0.911. The van der Waals surface area contributed by atoms with Crippen LogP contribution in [0, 0.1) is 0 Å². The summed E-state index contributed by atoms with van der Waals surface area (Å²) in [6, 6.07) is 25.4. The lowest BCUT2D eigenvalue weighted by Gasteiger charge is -2.11. The lowest BCUT2D eigenvalue weighted by Crippen LogP contribution is -2.25. The Hall–Kier alpha value is -3.10. The zero-order valence-corrected chi connectivity index (χ0v) is 20.5. The van der Waals surface area contributed by atoms with Crippen molar-refractivity contribution >= 4 is 33.6 Å². The van der Waals surface area contributed by atoms with Crippen LogP contribution in [0.3, 0.4) is 0 Å². The highest BCUT2D eigenvalue weighted by molar-refractivity contribution is 9.10. The van der Waals surface area contributed by atoms with Gasteiger partial charge in [-0.05, 0) is 47.5 Å². The van der Waals surface area contributed by atoms with E-state index in [1.807, 2.05) is 30.3 Å². The molecule has 1 N–H and O–H groups in total. The van der Waals surface area contributed by atoms with E-state index in [9.17, 15) is 4.79 Å². The zero-order valence-electron chi connectivity index (χ0n) is 18.1. The molecule has 0 fully saturated rings. The Kier molecular flexibility index (Phi) is 7.80. The van der Waals surface area contributed by atoms with E-state index >= 15 is 0 Å². The minimum atomic E-state index is -0.170. The van der Waals surface area contributed by atoms with E-state index in [0.29, 0.717) is 23.7 Å². The Labute approximate surface area is 205 Å². The van der Waals surface area contributed by atoms with E-state index in [2.05, 4.69) is 60.3 Å². The number of hydrogen-bond acceptors (Lipinski definition) is 5. The molecule has 4 rings (SSSR count). The summed E-state index contributed by atoms with van der Waals surface area (Å²) in [5.74, 6) is 2.02. The first kappa shape index (κ1) is 23.1. The monoisotopic (exact) mass is 522 g/mol. The molecule has 1 heterocycles. The Morgan fingerprint density at radius 3 is 2.39 bits per heavy atom. The SMILES string of the molecule is COc1ccc(C(=O)NCc2nnc(SCc3ccc(Br)cc3)n2Cc2ccccc2)cc1. The van der Waals surface area contributed by atoms with E-state index in [1.165, 1.54) is 5.56 Å². The molecule has 0 saturated heterocycles. The highest BCUT2D eigenvalue weighted by Crippen LogP contribution is 2.24. The van der Waals surface area contributed by atoms with Crippen LogP contribution in [-0.2, 0) is 18.8 Å². The van der Waals surface area contributed by atoms with Gasteiger partial charge in [0, 0.05) is 15.8 Å². The standard InChI is InChI=1S/C25H23BrN4O2S/c1-32-22-13-9-20(10-14-22)24(31)27-15-23-28-29-25(30(23)16-18-5-3-2-4-6-18)33-17-19-7-11-21(26)12-8-19/h2-14H,15-17H2,1H3,(H,27,31). The molecule has 0 saturated carbocycles. The fraction of sp³-hybridized carbons (Fsp3) is 0.160. The van der Waals surface area contributed by atoms with Crippen LogP contribution in [0.5, 0.6) is 5.75 Å². The maximum atomic E-state index is 12.6. The van der Waals surface area contributed by atoms with Gasteiger partial charge in [0.1, 0.15) is 5.75 Å². The predicted molar refractivity (Wildman–Crippen MR) is 133 cm³/mol. The van der Waals surface area contributed by atoms with Crippen molar-refractivity contribution in [1.82, 2.24) is 20.1 Å². The van der Waals surface area contributed by atoms with Crippen LogP contribution in [0.1, 0.15) is 27.3 Å². The van der Waals surface area contributed by atoms with Gasteiger partial charge >= 0.3 is 0 Å². The summed E-state index contributed by atoms with van der Waals surface area (Å²) < 4.78 is 8.27. The smallest absolute Gasteiger partial charge is 0.251 e. The Morgan fingerprint density at radius 1 is 0.970 bits per heavy atom. The van der Waals surface area contributed by atoms with E-state index < -0.39 is 0 Å². The number of halogens is 1. The highest BCUT2D eigenvalue weighted by Gasteiger charge is 2.15. The number of ether oxygens (including phenoxy) is 1. The molecule has 6 nitrogen and oxygen atoms in total. The molecular formula is C25H23BrN4O2S. The van der Waals surface area contributed by atoms with E-state index in [-0.39, 0.29) is 12.5 Å². The van der Waals surface area contributed by atoms with Crippen molar-refractivity contribution in [2.45, 2.75) is 24.0 Å². The van der Waals surface area contributed by atoms with Gasteiger partial charge in [0.05, 0.1) is 20.2 Å². The van der Waals surface area contributed by atoms with Gasteiger partial charge in [0.15, 0.2) is 11.0 Å². The average molecular weight is 523 g/mol. The van der Waals surface area contributed by atoms with Gasteiger partial charge in [-0.15, -0.1) is 10.2 Å². The normalized spacial score (nSPS) is 10.7. The van der Waals surface area contributed by atoms with E-state index in [1.54, 1.807) is 43.1 Å². The number of carbonyl (C=O) groups excluding carboxylic acids is 1. The average Bonchev–Trinajstić information content (AvgIpc) is 3.24. The van der Waals surface area contributed by atoms with Gasteiger partial charge in [-0.1, -0.05) is 70.2 Å². The summed E-state index contributed by atoms with van der Waals surface area (Å²) in [7, 11) is 1.60. The van der Waals surface area contributed by atoms with Crippen molar-refractivity contribution in [3.8, 4) is 5.75 Å². The van der Waals surface area contributed by atoms with Crippen LogP contribution in [0.2, 0.25) is 0 Å². The Morgan fingerprint density at radius 2 is 1.70 bits per heavy atom. The number of carbonyl (C=O) groups is 1. The summed E-state index contributed by atoms with van der Waals surface area (Å²) >= 11 is 5.10. The molecule has 0 bridgehead atoms. The van der Waals surface area contributed by atoms with Gasteiger partial charge in [-0.3, -0.25) is 4.79 Å². The van der Waals surface area contributed by atoms with Crippen molar-refractivity contribution in [1.29, 1.82) is 0 Å². The lowest BCUT2D eigenvalue weighted by molar-refractivity contribution is 0.0949. The molecule has 0 unspecified atom stereocenters. The molecule has 168 valence electrons. The summed E-state index contributed by atoms with van der Waals surface area (Å²) in [6.07, 6.45) is 0. The van der Waals surface area contributed by atoms with Crippen molar-refractivity contribution in [2.24, 2.45) is 0 Å². The first-order valence-corrected chi connectivity index (χ1v) is 12.2. The maximum Gasteiger partial charge on any atom is 0.251 e. The zero-order chi connectivity index (χ0) is 23.0. The van der Waals surface area contributed by atoms with Crippen LogP contribution >= 0.6 is 27.7 Å². The molecule has 0 radical (unpaired) electrons. The van der Waals surface area contributed by atoms with Gasteiger partial charge in [0.2, 0.25) is 0 Å². The summed E-state index contributed by atoms with van der Waals surface area (Å²) in [5, 5.41) is 12.6. The molecule has 33 heavy (non-hydrogen) atoms. The third kappa shape index (κ3) is 6.24. The first-order chi connectivity index (χ1) is 16.1. The second kappa shape index (κ2) is 11.2. The number of rotatable bonds is 9. The van der Waals surface area contributed by atoms with Gasteiger partial charge in [-0.25, -0.2) is 0 Å². The van der Waals surface area contributed by atoms with Crippen LogP contribution in [0.4, 0.5) is 0 Å². The third-order valence-corrected chi connectivity index (χ3v) is 6.58. The first-order valence-electron chi connectivity index (χ1n) is 10.4. The molecule has 0 spiro atoms. The highest BCUT2D eigenvalue weighted by atomic mass is 79.9. The topological polar surface area (TPSA) is 69.0 Å². The van der Waals surface area contributed by atoms with Crippen LogP contribution < -0.4 is 10.1 Å². The maximum absolute atomic E-state index is 12.6. The number of hydrogen-bond donors (Lipinski definition) is 1. The Balaban J connectivity index is 1.49.